The highest BCUT2D eigenvalue weighted by molar-refractivity contribution is 7.92. The van der Waals surface area contributed by atoms with E-state index in [1.165, 1.54) is 27.8 Å². The summed E-state index contributed by atoms with van der Waals surface area (Å²) in [6, 6.07) is 20.1. The number of thiazole rings is 1. The van der Waals surface area contributed by atoms with Gasteiger partial charge in [0, 0.05) is 18.7 Å². The predicted octanol–water partition coefficient (Wildman–Crippen LogP) is 5.83. The van der Waals surface area contributed by atoms with Crippen LogP contribution in [0.3, 0.4) is 0 Å². The Hall–Kier alpha value is -3.27. The Balaban J connectivity index is 1.31. The first-order valence-corrected chi connectivity index (χ1v) is 15.7. The highest BCUT2D eigenvalue weighted by atomic mass is 32.2. The molecule has 0 spiro atoms. The second-order valence-electron chi connectivity index (χ2n) is 10.00. The lowest BCUT2D eigenvalue weighted by Crippen LogP contribution is -2.37. The van der Waals surface area contributed by atoms with E-state index in [1.54, 1.807) is 17.0 Å². The van der Waals surface area contributed by atoms with Crippen molar-refractivity contribution < 1.29 is 17.9 Å². The highest BCUT2D eigenvalue weighted by Crippen LogP contribution is 2.34. The molecule has 3 heterocycles. The van der Waals surface area contributed by atoms with Crippen LogP contribution in [-0.2, 0) is 27.6 Å². The van der Waals surface area contributed by atoms with Gasteiger partial charge >= 0.3 is 0 Å². The van der Waals surface area contributed by atoms with Crippen molar-refractivity contribution >= 4 is 48.3 Å². The van der Waals surface area contributed by atoms with E-state index in [4.69, 9.17) is 9.72 Å². The number of rotatable bonds is 7. The van der Waals surface area contributed by atoms with Gasteiger partial charge < -0.3 is 4.74 Å². The summed E-state index contributed by atoms with van der Waals surface area (Å²) in [7, 11) is -3.76. The van der Waals surface area contributed by atoms with Crippen molar-refractivity contribution in [1.29, 1.82) is 0 Å². The summed E-state index contributed by atoms with van der Waals surface area (Å²) in [6.07, 6.45) is 4.30. The topological polar surface area (TPSA) is 79.8 Å². The van der Waals surface area contributed by atoms with Gasteiger partial charge in [-0.15, -0.1) is 0 Å². The molecular formula is C30H31N3O4S2. The number of anilines is 2. The summed E-state index contributed by atoms with van der Waals surface area (Å²) in [5, 5.41) is 0.632. The molecule has 1 amide bonds. The number of fused-ring (bicyclic) bond motifs is 2. The summed E-state index contributed by atoms with van der Waals surface area (Å²) in [5.41, 5.74) is 4.25. The number of nitrogens with zero attached hydrogens (tertiary/aromatic N) is 3. The summed E-state index contributed by atoms with van der Waals surface area (Å²) in [5.74, 6) is -0.213. The normalized spacial score (nSPS) is 17.4. The first kappa shape index (κ1) is 26.0. The van der Waals surface area contributed by atoms with Gasteiger partial charge in [-0.05, 0) is 79.6 Å². The number of hydrogen-bond donors (Lipinski definition) is 0. The molecule has 2 aliphatic heterocycles. The Morgan fingerprint density at radius 2 is 1.90 bits per heavy atom. The van der Waals surface area contributed by atoms with Crippen LogP contribution >= 0.6 is 11.3 Å². The number of aromatic nitrogens is 1. The van der Waals surface area contributed by atoms with Crippen LogP contribution in [0.4, 0.5) is 10.8 Å². The quantitative estimate of drug-likeness (QED) is 0.284. The predicted molar refractivity (Wildman–Crippen MR) is 155 cm³/mol. The van der Waals surface area contributed by atoms with Crippen molar-refractivity contribution in [2.24, 2.45) is 0 Å². The number of para-hydroxylation sites is 2. The maximum atomic E-state index is 13.9. The standard InChI is InChI=1S/C30H31N3O4S2/c1-2-21-9-5-13-27-28(21)31-30(38-27)32(20-24-11-7-19-37-24)29(34)23-14-16-25(17-15-23)39(35,36)33-18-6-10-22-8-3-4-12-26(22)33/h3-5,8-9,12-17,24H,2,6-7,10-11,18-20H2,1H3. The number of sulfonamides is 1. The summed E-state index contributed by atoms with van der Waals surface area (Å²) >= 11 is 1.50. The van der Waals surface area contributed by atoms with E-state index in [1.807, 2.05) is 36.4 Å². The van der Waals surface area contributed by atoms with Gasteiger partial charge in [0.2, 0.25) is 0 Å². The zero-order valence-corrected chi connectivity index (χ0v) is 23.5. The van der Waals surface area contributed by atoms with E-state index in [0.717, 1.165) is 59.1 Å². The van der Waals surface area contributed by atoms with E-state index in [2.05, 4.69) is 13.0 Å². The molecule has 1 unspecified atom stereocenters. The average Bonchev–Trinajstić information content (AvgIpc) is 3.65. The second-order valence-corrected chi connectivity index (χ2v) is 12.9. The third-order valence-electron chi connectivity index (χ3n) is 7.52. The van der Waals surface area contributed by atoms with Crippen LogP contribution in [0.2, 0.25) is 0 Å². The number of ether oxygens (including phenoxy) is 1. The van der Waals surface area contributed by atoms with Crippen LogP contribution in [-0.4, -0.2) is 45.1 Å². The van der Waals surface area contributed by atoms with Gasteiger partial charge in [-0.25, -0.2) is 13.4 Å². The molecule has 1 atom stereocenters. The van der Waals surface area contributed by atoms with Crippen molar-refractivity contribution in [3.8, 4) is 0 Å². The molecule has 1 saturated heterocycles. The van der Waals surface area contributed by atoms with Crippen LogP contribution in [0.1, 0.15) is 47.7 Å². The molecular weight excluding hydrogens is 530 g/mol. The zero-order chi connectivity index (χ0) is 27.0. The molecule has 1 fully saturated rings. The first-order chi connectivity index (χ1) is 19.0. The van der Waals surface area contributed by atoms with E-state index >= 15 is 0 Å². The minimum atomic E-state index is -3.76. The number of hydrogen-bond acceptors (Lipinski definition) is 6. The maximum absolute atomic E-state index is 13.9. The van der Waals surface area contributed by atoms with Crippen LogP contribution in [0, 0.1) is 0 Å². The van der Waals surface area contributed by atoms with Crippen molar-refractivity contribution in [2.75, 3.05) is 28.9 Å². The summed E-state index contributed by atoms with van der Waals surface area (Å²) < 4.78 is 35.6. The van der Waals surface area contributed by atoms with Crippen LogP contribution in [0.5, 0.6) is 0 Å². The number of carbonyl (C=O) groups is 1. The Bertz CT molecular complexity index is 1610. The van der Waals surface area contributed by atoms with Crippen molar-refractivity contribution in [3.05, 3.63) is 83.4 Å². The third-order valence-corrected chi connectivity index (χ3v) is 10.4. The Morgan fingerprint density at radius 1 is 1.08 bits per heavy atom. The van der Waals surface area contributed by atoms with Gasteiger partial charge in [-0.2, -0.15) is 0 Å². The largest absolute Gasteiger partial charge is 0.376 e. The molecule has 9 heteroatoms. The molecule has 0 saturated carbocycles. The lowest BCUT2D eigenvalue weighted by molar-refractivity contribution is 0.0917. The van der Waals surface area contributed by atoms with Crippen molar-refractivity contribution in [1.82, 2.24) is 4.98 Å². The molecule has 1 aromatic heterocycles. The third kappa shape index (κ3) is 4.95. The molecule has 0 aliphatic carbocycles. The Labute approximate surface area is 233 Å². The second kappa shape index (κ2) is 10.7. The Morgan fingerprint density at radius 3 is 2.67 bits per heavy atom. The molecule has 0 bridgehead atoms. The molecule has 4 aromatic rings. The zero-order valence-electron chi connectivity index (χ0n) is 21.9. The van der Waals surface area contributed by atoms with Crippen molar-refractivity contribution in [3.63, 3.8) is 0 Å². The molecule has 0 radical (unpaired) electrons. The van der Waals surface area contributed by atoms with E-state index in [-0.39, 0.29) is 16.9 Å². The lowest BCUT2D eigenvalue weighted by Gasteiger charge is -2.30. The number of benzene rings is 3. The van der Waals surface area contributed by atoms with Gasteiger partial charge in [0.1, 0.15) is 0 Å². The maximum Gasteiger partial charge on any atom is 0.264 e. The van der Waals surface area contributed by atoms with Gasteiger partial charge in [-0.1, -0.05) is 48.6 Å². The minimum Gasteiger partial charge on any atom is -0.376 e. The summed E-state index contributed by atoms with van der Waals surface area (Å²) in [6.45, 7) is 3.64. The molecule has 2 aliphatic rings. The molecule has 39 heavy (non-hydrogen) atoms. The Kier molecular flexibility index (Phi) is 7.14. The fraction of sp³-hybridized carbons (Fsp3) is 0.333. The lowest BCUT2D eigenvalue weighted by atomic mass is 10.0. The highest BCUT2D eigenvalue weighted by Gasteiger charge is 2.30. The SMILES string of the molecule is CCc1cccc2sc(N(CC3CCCO3)C(=O)c3ccc(S(=O)(=O)N4CCCc5ccccc54)cc3)nc12. The smallest absolute Gasteiger partial charge is 0.264 e. The molecule has 3 aromatic carbocycles. The number of carbonyl (C=O) groups excluding carboxylic acids is 1. The summed E-state index contributed by atoms with van der Waals surface area (Å²) in [4.78, 5) is 20.6. The molecule has 202 valence electrons. The minimum absolute atomic E-state index is 0.0505. The fourth-order valence-corrected chi connectivity index (χ4v) is 8.00. The molecule has 0 N–H and O–H groups in total. The van der Waals surface area contributed by atoms with E-state index < -0.39 is 10.0 Å². The van der Waals surface area contributed by atoms with Gasteiger partial charge in [0.15, 0.2) is 5.13 Å². The van der Waals surface area contributed by atoms with Gasteiger partial charge in [-0.3, -0.25) is 14.0 Å². The van der Waals surface area contributed by atoms with E-state index in [9.17, 15) is 13.2 Å². The van der Waals surface area contributed by atoms with Gasteiger partial charge in [0.25, 0.3) is 15.9 Å². The number of amides is 1. The van der Waals surface area contributed by atoms with E-state index in [0.29, 0.717) is 30.4 Å². The van der Waals surface area contributed by atoms with Crippen molar-refractivity contribution in [2.45, 2.75) is 50.0 Å². The van der Waals surface area contributed by atoms with Crippen LogP contribution in [0.25, 0.3) is 10.2 Å². The van der Waals surface area contributed by atoms with Crippen LogP contribution in [0.15, 0.2) is 71.6 Å². The molecule has 7 nitrogen and oxygen atoms in total. The van der Waals surface area contributed by atoms with Crippen LogP contribution < -0.4 is 9.21 Å². The monoisotopic (exact) mass is 561 g/mol. The average molecular weight is 562 g/mol. The first-order valence-electron chi connectivity index (χ1n) is 13.5. The fourth-order valence-electron chi connectivity index (χ4n) is 5.44. The number of aryl methyl sites for hydroxylation is 2. The van der Waals surface area contributed by atoms with Gasteiger partial charge in [0.05, 0.1) is 33.4 Å². The molecule has 6 rings (SSSR count).